The largest absolute Gasteiger partial charge is 0.489 e. The van der Waals surface area contributed by atoms with E-state index in [-0.39, 0.29) is 5.82 Å². The number of benzene rings is 2. The fourth-order valence-electron chi connectivity index (χ4n) is 3.66. The number of aliphatic imine (C=N–C) groups is 1. The summed E-state index contributed by atoms with van der Waals surface area (Å²) in [4.78, 5) is 4.55. The van der Waals surface area contributed by atoms with Crippen LogP contribution in [0.5, 0.6) is 5.75 Å². The number of halogens is 1. The van der Waals surface area contributed by atoms with Crippen LogP contribution in [-0.2, 0) is 6.61 Å². The third-order valence-electron chi connectivity index (χ3n) is 5.56. The van der Waals surface area contributed by atoms with Crippen LogP contribution < -0.4 is 4.74 Å². The zero-order valence-electron chi connectivity index (χ0n) is 19.3. The van der Waals surface area contributed by atoms with E-state index in [0.717, 1.165) is 23.4 Å². The van der Waals surface area contributed by atoms with E-state index in [1.165, 1.54) is 89.2 Å². The molecule has 0 aromatic heterocycles. The summed E-state index contributed by atoms with van der Waals surface area (Å²) in [5.41, 5.74) is 1.91. The van der Waals surface area contributed by atoms with Crippen molar-refractivity contribution in [1.29, 1.82) is 0 Å². The predicted molar refractivity (Wildman–Crippen MR) is 131 cm³/mol. The molecule has 170 valence electrons. The van der Waals surface area contributed by atoms with Crippen molar-refractivity contribution in [2.24, 2.45) is 4.99 Å². The van der Waals surface area contributed by atoms with Gasteiger partial charge in [-0.1, -0.05) is 89.7 Å². The van der Waals surface area contributed by atoms with Gasteiger partial charge in [0.25, 0.3) is 0 Å². The van der Waals surface area contributed by atoms with E-state index in [0.29, 0.717) is 6.61 Å². The molecule has 2 nitrogen and oxygen atoms in total. The first-order valence-electron chi connectivity index (χ1n) is 12.2. The second-order valence-electron chi connectivity index (χ2n) is 8.41. The lowest BCUT2D eigenvalue weighted by molar-refractivity contribution is 0.305. The molecule has 0 amide bonds. The van der Waals surface area contributed by atoms with E-state index in [1.54, 1.807) is 6.07 Å². The third kappa shape index (κ3) is 12.3. The highest BCUT2D eigenvalue weighted by Gasteiger charge is 1.98. The number of rotatable bonds is 17. The van der Waals surface area contributed by atoms with Crippen LogP contribution in [0.25, 0.3) is 0 Å². The van der Waals surface area contributed by atoms with E-state index >= 15 is 0 Å². The van der Waals surface area contributed by atoms with Gasteiger partial charge in [0.05, 0.1) is 0 Å². The van der Waals surface area contributed by atoms with Crippen LogP contribution in [0.15, 0.2) is 53.5 Å². The fraction of sp³-hybridized carbons (Fsp3) is 0.536. The summed E-state index contributed by atoms with van der Waals surface area (Å²) in [6, 6.07) is 14.4. The van der Waals surface area contributed by atoms with Crippen LogP contribution in [0.3, 0.4) is 0 Å². The molecule has 0 aliphatic heterocycles. The summed E-state index contributed by atoms with van der Waals surface area (Å²) >= 11 is 0. The average molecular weight is 426 g/mol. The van der Waals surface area contributed by atoms with Gasteiger partial charge in [-0.3, -0.25) is 4.99 Å². The Labute approximate surface area is 189 Å². The number of unbranched alkanes of at least 4 members (excludes halogenated alkanes) is 11. The maximum absolute atomic E-state index is 13.2. The summed E-state index contributed by atoms with van der Waals surface area (Å²) in [6.45, 7) is 3.54. The van der Waals surface area contributed by atoms with Crippen LogP contribution in [0.4, 0.5) is 4.39 Å². The molecular formula is C28H40FNO. The van der Waals surface area contributed by atoms with E-state index in [1.807, 2.05) is 36.5 Å². The first-order chi connectivity index (χ1) is 15.3. The fourth-order valence-corrected chi connectivity index (χ4v) is 3.66. The van der Waals surface area contributed by atoms with Gasteiger partial charge >= 0.3 is 0 Å². The van der Waals surface area contributed by atoms with Gasteiger partial charge in [0.1, 0.15) is 18.2 Å². The van der Waals surface area contributed by atoms with Crippen molar-refractivity contribution < 1.29 is 9.13 Å². The number of hydrogen-bond donors (Lipinski definition) is 0. The van der Waals surface area contributed by atoms with Crippen molar-refractivity contribution in [1.82, 2.24) is 0 Å². The Hall–Kier alpha value is -2.16. The first-order valence-corrected chi connectivity index (χ1v) is 12.2. The molecule has 0 N–H and O–H groups in total. The molecule has 3 heteroatoms. The third-order valence-corrected chi connectivity index (χ3v) is 5.56. The quantitative estimate of drug-likeness (QED) is 0.184. The second-order valence-corrected chi connectivity index (χ2v) is 8.41. The molecule has 2 aromatic carbocycles. The minimum Gasteiger partial charge on any atom is -0.489 e. The van der Waals surface area contributed by atoms with Crippen molar-refractivity contribution in [2.45, 2.75) is 90.6 Å². The molecule has 0 saturated carbocycles. The molecule has 0 fully saturated rings. The summed E-state index contributed by atoms with van der Waals surface area (Å²) in [6.07, 6.45) is 18.3. The number of hydrogen-bond acceptors (Lipinski definition) is 2. The lowest BCUT2D eigenvalue weighted by Crippen LogP contribution is -1.96. The topological polar surface area (TPSA) is 21.6 Å². The highest BCUT2D eigenvalue weighted by molar-refractivity contribution is 5.79. The molecule has 0 heterocycles. The molecule has 0 atom stereocenters. The highest BCUT2D eigenvalue weighted by Crippen LogP contribution is 2.15. The Kier molecular flexibility index (Phi) is 13.4. The summed E-state index contributed by atoms with van der Waals surface area (Å²) in [5, 5.41) is 0. The van der Waals surface area contributed by atoms with Crippen LogP contribution in [0.2, 0.25) is 0 Å². The van der Waals surface area contributed by atoms with Crippen molar-refractivity contribution in [3.05, 3.63) is 65.5 Å². The van der Waals surface area contributed by atoms with Gasteiger partial charge in [-0.2, -0.15) is 0 Å². The molecule has 0 unspecified atom stereocenters. The molecule has 0 aliphatic rings. The standard InChI is InChI=1S/C28H40FNO/c1-2-3-4-5-6-7-8-9-10-11-12-13-21-30-23-25-17-19-28(20-18-25)31-24-26-15-14-16-27(29)22-26/h14-20,22-23H,2-13,21,24H2,1H3/b30-23+. The monoisotopic (exact) mass is 425 g/mol. The van der Waals surface area contributed by atoms with Crippen LogP contribution in [0.1, 0.15) is 95.1 Å². The van der Waals surface area contributed by atoms with Crippen molar-refractivity contribution >= 4 is 6.21 Å². The normalized spacial score (nSPS) is 11.3. The number of ether oxygens (including phenoxy) is 1. The summed E-state index contributed by atoms with van der Waals surface area (Å²) in [7, 11) is 0. The molecule has 0 radical (unpaired) electrons. The van der Waals surface area contributed by atoms with Crippen molar-refractivity contribution in [3.8, 4) is 5.75 Å². The number of nitrogens with zero attached hydrogens (tertiary/aromatic N) is 1. The van der Waals surface area contributed by atoms with E-state index < -0.39 is 0 Å². The van der Waals surface area contributed by atoms with Gasteiger partial charge < -0.3 is 4.74 Å². The Morgan fingerprint density at radius 1 is 0.774 bits per heavy atom. The van der Waals surface area contributed by atoms with Gasteiger partial charge in [0, 0.05) is 12.8 Å². The minimum absolute atomic E-state index is 0.235. The van der Waals surface area contributed by atoms with Crippen molar-refractivity contribution in [3.63, 3.8) is 0 Å². The molecule has 0 bridgehead atoms. The van der Waals surface area contributed by atoms with Gasteiger partial charge in [-0.15, -0.1) is 0 Å². The van der Waals surface area contributed by atoms with Gasteiger partial charge in [-0.05, 0) is 53.9 Å². The van der Waals surface area contributed by atoms with E-state index in [4.69, 9.17) is 4.74 Å². The van der Waals surface area contributed by atoms with Crippen LogP contribution in [0, 0.1) is 5.82 Å². The second kappa shape index (κ2) is 16.5. The Bertz CT molecular complexity index is 726. The predicted octanol–water partition coefficient (Wildman–Crippen LogP) is 8.52. The molecule has 0 saturated heterocycles. The lowest BCUT2D eigenvalue weighted by Gasteiger charge is -2.06. The SMILES string of the molecule is CCCCCCCCCCCCCC/N=C/c1ccc(OCc2cccc(F)c2)cc1. The van der Waals surface area contributed by atoms with Gasteiger partial charge in [-0.25, -0.2) is 4.39 Å². The smallest absolute Gasteiger partial charge is 0.123 e. The maximum atomic E-state index is 13.2. The zero-order valence-corrected chi connectivity index (χ0v) is 19.3. The van der Waals surface area contributed by atoms with E-state index in [2.05, 4.69) is 11.9 Å². The Morgan fingerprint density at radius 3 is 2.00 bits per heavy atom. The molecule has 2 aromatic rings. The van der Waals surface area contributed by atoms with Crippen LogP contribution >= 0.6 is 0 Å². The van der Waals surface area contributed by atoms with Crippen LogP contribution in [-0.4, -0.2) is 12.8 Å². The van der Waals surface area contributed by atoms with Gasteiger partial charge in [0.2, 0.25) is 0 Å². The molecule has 2 rings (SSSR count). The molecular weight excluding hydrogens is 385 g/mol. The molecule has 0 aliphatic carbocycles. The maximum Gasteiger partial charge on any atom is 0.123 e. The Balaban J connectivity index is 1.47. The van der Waals surface area contributed by atoms with E-state index in [9.17, 15) is 4.39 Å². The van der Waals surface area contributed by atoms with Crippen molar-refractivity contribution in [2.75, 3.05) is 6.54 Å². The summed E-state index contributed by atoms with van der Waals surface area (Å²) < 4.78 is 18.9. The minimum atomic E-state index is -0.235. The summed E-state index contributed by atoms with van der Waals surface area (Å²) in [5.74, 6) is 0.545. The molecule has 31 heavy (non-hydrogen) atoms. The first kappa shape index (κ1) is 25.1. The highest BCUT2D eigenvalue weighted by atomic mass is 19.1. The average Bonchev–Trinajstić information content (AvgIpc) is 2.79. The Morgan fingerprint density at radius 2 is 1.39 bits per heavy atom. The lowest BCUT2D eigenvalue weighted by atomic mass is 10.1. The van der Waals surface area contributed by atoms with Gasteiger partial charge in [0.15, 0.2) is 0 Å². The zero-order chi connectivity index (χ0) is 22.0. The molecule has 0 spiro atoms.